The summed E-state index contributed by atoms with van der Waals surface area (Å²) in [5.41, 5.74) is 0. The third-order valence-electron chi connectivity index (χ3n) is 2.82. The van der Waals surface area contributed by atoms with Crippen LogP contribution in [0.15, 0.2) is 0 Å². The van der Waals surface area contributed by atoms with Gasteiger partial charge in [0.05, 0.1) is 5.75 Å². The molecule has 1 rings (SSSR count). The fourth-order valence-electron chi connectivity index (χ4n) is 1.91. The Hall–Kier alpha value is -1.15. The molecular formula is C13H20N2O2S. The number of rotatable bonds is 6. The van der Waals surface area contributed by atoms with E-state index in [1.165, 1.54) is 0 Å². The maximum absolute atomic E-state index is 12.2. The molecule has 100 valence electrons. The number of thioether (sulfide) groups is 1. The van der Waals surface area contributed by atoms with Crippen LogP contribution in [0.3, 0.4) is 0 Å². The Morgan fingerprint density at radius 2 is 2.33 bits per heavy atom. The van der Waals surface area contributed by atoms with Crippen molar-refractivity contribution in [1.29, 1.82) is 0 Å². The number of hydrogen-bond acceptors (Lipinski definition) is 3. The Balaban J connectivity index is 2.52. The van der Waals surface area contributed by atoms with Crippen LogP contribution < -0.4 is 5.32 Å². The van der Waals surface area contributed by atoms with Gasteiger partial charge in [-0.2, -0.15) is 0 Å². The molecule has 1 unspecified atom stereocenters. The fourth-order valence-corrected chi connectivity index (χ4v) is 2.52. The quantitative estimate of drug-likeness (QED) is 0.574. The van der Waals surface area contributed by atoms with Gasteiger partial charge in [-0.05, 0) is 6.42 Å². The zero-order chi connectivity index (χ0) is 13.4. The summed E-state index contributed by atoms with van der Waals surface area (Å²) in [6.45, 7) is 3.19. The maximum atomic E-state index is 12.2. The van der Waals surface area contributed by atoms with Crippen molar-refractivity contribution in [2.75, 3.05) is 24.6 Å². The molecule has 0 spiro atoms. The van der Waals surface area contributed by atoms with Crippen LogP contribution in [0, 0.1) is 12.3 Å². The topological polar surface area (TPSA) is 49.4 Å². The Morgan fingerprint density at radius 3 is 3.00 bits per heavy atom. The molecule has 0 aromatic rings. The minimum absolute atomic E-state index is 0.0272. The van der Waals surface area contributed by atoms with E-state index in [0.717, 1.165) is 12.2 Å². The van der Waals surface area contributed by atoms with E-state index >= 15 is 0 Å². The number of hydrogen-bond donors (Lipinski definition) is 1. The summed E-state index contributed by atoms with van der Waals surface area (Å²) in [6, 6.07) is -0.345. The summed E-state index contributed by atoms with van der Waals surface area (Å²) in [4.78, 5) is 25.5. The van der Waals surface area contributed by atoms with Gasteiger partial charge >= 0.3 is 0 Å². The number of nitrogens with one attached hydrogen (secondary N) is 1. The summed E-state index contributed by atoms with van der Waals surface area (Å²) >= 11 is 1.64. The van der Waals surface area contributed by atoms with Gasteiger partial charge in [-0.3, -0.25) is 9.59 Å². The van der Waals surface area contributed by atoms with Crippen LogP contribution in [-0.4, -0.2) is 47.4 Å². The minimum atomic E-state index is -0.345. The van der Waals surface area contributed by atoms with E-state index in [1.54, 1.807) is 16.7 Å². The molecule has 1 aliphatic heterocycles. The van der Waals surface area contributed by atoms with Crippen molar-refractivity contribution < 1.29 is 9.59 Å². The molecule has 1 saturated heterocycles. The van der Waals surface area contributed by atoms with Gasteiger partial charge in [-0.25, -0.2) is 0 Å². The van der Waals surface area contributed by atoms with Gasteiger partial charge in [0, 0.05) is 25.3 Å². The highest BCUT2D eigenvalue weighted by molar-refractivity contribution is 7.99. The van der Waals surface area contributed by atoms with Crippen molar-refractivity contribution in [3.05, 3.63) is 0 Å². The molecule has 1 atom stereocenters. The number of carbonyl (C=O) groups excluding carboxylic acids is 2. The second-order valence-electron chi connectivity index (χ2n) is 4.24. The molecule has 1 fully saturated rings. The largest absolute Gasteiger partial charge is 0.344 e. The number of terminal acetylenes is 1. The Labute approximate surface area is 113 Å². The van der Waals surface area contributed by atoms with Crippen molar-refractivity contribution in [3.63, 3.8) is 0 Å². The predicted molar refractivity (Wildman–Crippen MR) is 74.2 cm³/mol. The van der Waals surface area contributed by atoms with E-state index in [0.29, 0.717) is 31.7 Å². The first-order chi connectivity index (χ1) is 8.69. The molecule has 0 saturated carbocycles. The molecule has 0 aliphatic carbocycles. The molecule has 1 N–H and O–H groups in total. The predicted octanol–water partition coefficient (Wildman–Crippen LogP) is 0.870. The smallest absolute Gasteiger partial charge is 0.245 e. The lowest BCUT2D eigenvalue weighted by Gasteiger charge is -2.23. The van der Waals surface area contributed by atoms with Gasteiger partial charge in [0.15, 0.2) is 0 Å². The first-order valence-electron chi connectivity index (χ1n) is 6.28. The third-order valence-corrected chi connectivity index (χ3v) is 3.66. The highest BCUT2D eigenvalue weighted by Crippen LogP contribution is 2.10. The van der Waals surface area contributed by atoms with Crippen molar-refractivity contribution >= 4 is 23.6 Å². The fraction of sp³-hybridized carbons (Fsp3) is 0.692. The lowest BCUT2D eigenvalue weighted by atomic mass is 10.1. The normalized spacial score (nSPS) is 20.2. The molecule has 0 radical (unpaired) electrons. The summed E-state index contributed by atoms with van der Waals surface area (Å²) in [6.07, 6.45) is 7.16. The minimum Gasteiger partial charge on any atom is -0.344 e. The lowest BCUT2D eigenvalue weighted by molar-refractivity contribution is -0.133. The molecule has 2 amide bonds. The van der Waals surface area contributed by atoms with Crippen LogP contribution >= 0.6 is 11.8 Å². The zero-order valence-electron chi connectivity index (χ0n) is 10.8. The van der Waals surface area contributed by atoms with Crippen LogP contribution in [0.5, 0.6) is 0 Å². The summed E-state index contributed by atoms with van der Waals surface area (Å²) < 4.78 is 0. The zero-order valence-corrected chi connectivity index (χ0v) is 11.6. The van der Waals surface area contributed by atoms with Gasteiger partial charge in [-0.1, -0.05) is 19.3 Å². The number of carbonyl (C=O) groups is 2. The van der Waals surface area contributed by atoms with Crippen LogP contribution in [0.1, 0.15) is 26.2 Å². The number of nitrogens with zero attached hydrogens (tertiary/aromatic N) is 1. The van der Waals surface area contributed by atoms with Gasteiger partial charge in [0.1, 0.15) is 6.04 Å². The van der Waals surface area contributed by atoms with Crippen LogP contribution in [0.2, 0.25) is 0 Å². The highest BCUT2D eigenvalue weighted by Gasteiger charge is 2.28. The molecule has 0 aromatic carbocycles. The second-order valence-corrected chi connectivity index (χ2v) is 5.35. The van der Waals surface area contributed by atoms with E-state index in [-0.39, 0.29) is 17.9 Å². The molecular weight excluding hydrogens is 248 g/mol. The monoisotopic (exact) mass is 268 g/mol. The molecule has 0 bridgehead atoms. The van der Waals surface area contributed by atoms with Crippen LogP contribution in [0.4, 0.5) is 0 Å². The lowest BCUT2D eigenvalue weighted by Crippen LogP contribution is -2.45. The van der Waals surface area contributed by atoms with Crippen molar-refractivity contribution in [2.45, 2.75) is 32.2 Å². The van der Waals surface area contributed by atoms with E-state index in [2.05, 4.69) is 11.2 Å². The molecule has 4 nitrogen and oxygen atoms in total. The Kier molecular flexibility index (Phi) is 6.66. The average Bonchev–Trinajstić information content (AvgIpc) is 2.48. The second kappa shape index (κ2) is 8.04. The first-order valence-corrected chi connectivity index (χ1v) is 7.43. The van der Waals surface area contributed by atoms with E-state index in [9.17, 15) is 9.59 Å². The molecule has 18 heavy (non-hydrogen) atoms. The molecule has 0 aromatic heterocycles. The molecule has 1 heterocycles. The van der Waals surface area contributed by atoms with E-state index in [4.69, 9.17) is 6.42 Å². The average molecular weight is 268 g/mol. The summed E-state index contributed by atoms with van der Waals surface area (Å²) in [5.74, 6) is 4.06. The number of amides is 2. The third kappa shape index (κ3) is 4.61. The van der Waals surface area contributed by atoms with Crippen molar-refractivity contribution in [3.8, 4) is 12.3 Å². The van der Waals surface area contributed by atoms with Gasteiger partial charge in [0.25, 0.3) is 0 Å². The Bertz CT molecular complexity index is 338. The van der Waals surface area contributed by atoms with Crippen LogP contribution in [-0.2, 0) is 9.59 Å². The van der Waals surface area contributed by atoms with Gasteiger partial charge in [-0.15, -0.1) is 18.2 Å². The summed E-state index contributed by atoms with van der Waals surface area (Å²) in [5, 5.41) is 2.79. The van der Waals surface area contributed by atoms with Gasteiger partial charge < -0.3 is 10.2 Å². The SMILES string of the molecule is C#CCSCCN1CCC(=O)NC(CCC)C1=O. The first kappa shape index (κ1) is 14.9. The maximum Gasteiger partial charge on any atom is 0.245 e. The summed E-state index contributed by atoms with van der Waals surface area (Å²) in [7, 11) is 0. The van der Waals surface area contributed by atoms with Crippen molar-refractivity contribution in [1.82, 2.24) is 10.2 Å². The Morgan fingerprint density at radius 1 is 1.56 bits per heavy atom. The van der Waals surface area contributed by atoms with Gasteiger partial charge in [0.2, 0.25) is 11.8 Å². The molecule has 5 heteroatoms. The highest BCUT2D eigenvalue weighted by atomic mass is 32.2. The molecule has 1 aliphatic rings. The van der Waals surface area contributed by atoms with Crippen LogP contribution in [0.25, 0.3) is 0 Å². The van der Waals surface area contributed by atoms with Crippen molar-refractivity contribution in [2.24, 2.45) is 0 Å². The standard InChI is InChI=1S/C13H20N2O2S/c1-3-5-11-13(17)15(7-6-12(16)14-11)8-10-18-9-4-2/h2,11H,3,5-10H2,1H3,(H,14,16). The van der Waals surface area contributed by atoms with E-state index < -0.39 is 0 Å². The van der Waals surface area contributed by atoms with E-state index in [1.807, 2.05) is 6.92 Å².